The van der Waals surface area contributed by atoms with Crippen LogP contribution in [0.5, 0.6) is 0 Å². The number of nitrogens with one attached hydrogen (secondary N) is 2. The highest BCUT2D eigenvalue weighted by Gasteiger charge is 2.39. The number of nitrogens with two attached hydrogens (primary N) is 1. The number of ether oxygens (including phenoxy) is 1. The van der Waals surface area contributed by atoms with Gasteiger partial charge in [-0.05, 0) is 50.3 Å². The summed E-state index contributed by atoms with van der Waals surface area (Å²) in [5.74, 6) is -4.75. The molecule has 0 heterocycles. The molecule has 0 unspecified atom stereocenters. The maximum atomic E-state index is 13.7. The number of rotatable bonds is 17. The Morgan fingerprint density at radius 1 is 0.708 bits per heavy atom. The lowest BCUT2D eigenvalue weighted by molar-refractivity contribution is -0.155. The molecule has 2 amide bonds. The fraction of sp³-hybridized carbons (Fsp3) is 0.361. The molecule has 3 aromatic rings. The molecule has 0 radical (unpaired) electrons. The maximum absolute atomic E-state index is 13.7. The van der Waals surface area contributed by atoms with E-state index in [9.17, 15) is 29.1 Å². The van der Waals surface area contributed by atoms with Gasteiger partial charge in [-0.2, -0.15) is 0 Å². The lowest BCUT2D eigenvalue weighted by Crippen LogP contribution is -2.55. The normalized spacial score (nSPS) is 13.4. The van der Waals surface area contributed by atoms with Crippen LogP contribution < -0.4 is 16.4 Å². The summed E-state index contributed by atoms with van der Waals surface area (Å²) >= 11 is 1.36. The van der Waals surface area contributed by atoms with Crippen molar-refractivity contribution < 1.29 is 38.9 Å². The SMILES string of the molecule is CC(C)(C)OC(=O)CC[C@H](N)C(=O)N[C@@H](CSC(c1ccccc1)(c1ccccc1)c1ccccc1)C(=O)N[C@@H](CCC(=O)O)C(=O)O. The van der Waals surface area contributed by atoms with Crippen LogP contribution in [0.15, 0.2) is 91.0 Å². The van der Waals surface area contributed by atoms with E-state index in [1.54, 1.807) is 20.8 Å². The summed E-state index contributed by atoms with van der Waals surface area (Å²) in [5.41, 5.74) is 8.13. The number of hydrogen-bond donors (Lipinski definition) is 5. The zero-order valence-electron chi connectivity index (χ0n) is 27.3. The lowest BCUT2D eigenvalue weighted by Gasteiger charge is -2.36. The highest BCUT2D eigenvalue weighted by Crippen LogP contribution is 2.48. The summed E-state index contributed by atoms with van der Waals surface area (Å²) in [6.45, 7) is 5.17. The van der Waals surface area contributed by atoms with Crippen molar-refractivity contribution in [2.24, 2.45) is 5.73 Å². The quantitative estimate of drug-likeness (QED) is 0.103. The van der Waals surface area contributed by atoms with Gasteiger partial charge < -0.3 is 31.3 Å². The number of thioether (sulfide) groups is 1. The van der Waals surface area contributed by atoms with Gasteiger partial charge in [0, 0.05) is 18.6 Å². The molecule has 3 rings (SSSR count). The van der Waals surface area contributed by atoms with Crippen molar-refractivity contribution in [1.29, 1.82) is 0 Å². The predicted octanol–water partition coefficient (Wildman–Crippen LogP) is 4.08. The fourth-order valence-corrected chi connectivity index (χ4v) is 6.59. The number of amides is 2. The van der Waals surface area contributed by atoms with E-state index in [0.29, 0.717) is 0 Å². The molecule has 3 atom stereocenters. The van der Waals surface area contributed by atoms with Crippen LogP contribution in [0, 0.1) is 0 Å². The maximum Gasteiger partial charge on any atom is 0.326 e. The largest absolute Gasteiger partial charge is 0.481 e. The average Bonchev–Trinajstić information content (AvgIpc) is 3.05. The summed E-state index contributed by atoms with van der Waals surface area (Å²) in [7, 11) is 0. The van der Waals surface area contributed by atoms with E-state index in [-0.39, 0.29) is 25.0 Å². The summed E-state index contributed by atoms with van der Waals surface area (Å²) < 4.78 is 4.43. The highest BCUT2D eigenvalue weighted by molar-refractivity contribution is 8.00. The van der Waals surface area contributed by atoms with E-state index < -0.39 is 64.6 Å². The lowest BCUT2D eigenvalue weighted by atomic mass is 9.84. The van der Waals surface area contributed by atoms with Crippen LogP contribution >= 0.6 is 11.8 Å². The molecule has 256 valence electrons. The summed E-state index contributed by atoms with van der Waals surface area (Å²) in [6.07, 6.45) is -1.03. The standard InChI is InChI=1S/C36H43N3O8S/c1-35(2,3)47-31(42)22-19-27(37)32(43)39-29(33(44)38-28(34(45)46)20-21-30(40)41)23-48-36(24-13-7-4-8-14-24,25-15-9-5-10-16-25)26-17-11-6-12-18-26/h4-18,27-29H,19-23,37H2,1-3H3,(H,38,44)(H,39,43)(H,40,41)(H,45,46)/t27-,28-,29-/m0/s1. The summed E-state index contributed by atoms with van der Waals surface area (Å²) in [4.78, 5) is 62.5. The van der Waals surface area contributed by atoms with Gasteiger partial charge in [0.25, 0.3) is 0 Å². The number of aliphatic carboxylic acids is 2. The van der Waals surface area contributed by atoms with E-state index in [0.717, 1.165) is 16.7 Å². The monoisotopic (exact) mass is 677 g/mol. The number of benzene rings is 3. The van der Waals surface area contributed by atoms with Crippen LogP contribution in [0.25, 0.3) is 0 Å². The van der Waals surface area contributed by atoms with E-state index in [4.69, 9.17) is 15.6 Å². The summed E-state index contributed by atoms with van der Waals surface area (Å²) in [5, 5.41) is 23.9. The minimum Gasteiger partial charge on any atom is -0.481 e. The number of carbonyl (C=O) groups is 5. The number of carboxylic acid groups (broad SMARTS) is 2. The van der Waals surface area contributed by atoms with Crippen molar-refractivity contribution in [3.05, 3.63) is 108 Å². The Morgan fingerprint density at radius 2 is 1.17 bits per heavy atom. The van der Waals surface area contributed by atoms with Crippen molar-refractivity contribution in [3.8, 4) is 0 Å². The molecule has 0 bridgehead atoms. The third-order valence-electron chi connectivity index (χ3n) is 7.32. The molecule has 0 spiro atoms. The number of carboxylic acids is 2. The molecule has 3 aromatic carbocycles. The second-order valence-corrected chi connectivity index (χ2v) is 13.4. The van der Waals surface area contributed by atoms with E-state index in [1.165, 1.54) is 11.8 Å². The zero-order valence-corrected chi connectivity index (χ0v) is 28.1. The minimum atomic E-state index is -1.51. The molecular formula is C36H43N3O8S. The van der Waals surface area contributed by atoms with E-state index in [1.807, 2.05) is 91.0 Å². The fourth-order valence-electron chi connectivity index (χ4n) is 5.03. The second-order valence-electron chi connectivity index (χ2n) is 12.2. The van der Waals surface area contributed by atoms with Crippen molar-refractivity contribution in [2.75, 3.05) is 5.75 Å². The van der Waals surface area contributed by atoms with Crippen molar-refractivity contribution in [3.63, 3.8) is 0 Å². The smallest absolute Gasteiger partial charge is 0.326 e. The van der Waals surface area contributed by atoms with E-state index >= 15 is 0 Å². The first kappa shape index (κ1) is 37.8. The first-order chi connectivity index (χ1) is 22.7. The third-order valence-corrected chi connectivity index (χ3v) is 8.96. The average molecular weight is 678 g/mol. The third kappa shape index (κ3) is 11.0. The Morgan fingerprint density at radius 3 is 1.58 bits per heavy atom. The Balaban J connectivity index is 1.98. The number of hydrogen-bond acceptors (Lipinski definition) is 8. The molecule has 6 N–H and O–H groups in total. The van der Waals surface area contributed by atoms with Crippen molar-refractivity contribution in [1.82, 2.24) is 10.6 Å². The molecule has 11 nitrogen and oxygen atoms in total. The molecule has 0 aliphatic carbocycles. The molecule has 0 aliphatic rings. The van der Waals surface area contributed by atoms with Gasteiger partial charge in [0.15, 0.2) is 0 Å². The van der Waals surface area contributed by atoms with Crippen molar-refractivity contribution in [2.45, 2.75) is 74.9 Å². The van der Waals surface area contributed by atoms with Gasteiger partial charge in [-0.25, -0.2) is 4.79 Å². The molecule has 12 heteroatoms. The topological polar surface area (TPSA) is 185 Å². The Hall–Kier alpha value is -4.68. The molecule has 0 saturated heterocycles. The van der Waals surface area contributed by atoms with Crippen LogP contribution in [-0.4, -0.2) is 69.4 Å². The van der Waals surface area contributed by atoms with Crippen LogP contribution in [0.4, 0.5) is 0 Å². The molecular weight excluding hydrogens is 634 g/mol. The predicted molar refractivity (Wildman–Crippen MR) is 183 cm³/mol. The molecule has 0 saturated carbocycles. The van der Waals surface area contributed by atoms with Crippen LogP contribution in [-0.2, 0) is 33.5 Å². The van der Waals surface area contributed by atoms with Crippen LogP contribution in [0.1, 0.15) is 63.1 Å². The molecule has 0 aliphatic heterocycles. The molecule has 48 heavy (non-hydrogen) atoms. The Labute approximate surface area is 284 Å². The minimum absolute atomic E-state index is 0.0414. The Kier molecular flexibility index (Phi) is 13.7. The van der Waals surface area contributed by atoms with Crippen LogP contribution in [0.3, 0.4) is 0 Å². The zero-order chi connectivity index (χ0) is 35.3. The van der Waals surface area contributed by atoms with Gasteiger partial charge in [0.1, 0.15) is 17.7 Å². The second kappa shape index (κ2) is 17.5. The Bertz CT molecular complexity index is 1430. The van der Waals surface area contributed by atoms with Gasteiger partial charge >= 0.3 is 17.9 Å². The van der Waals surface area contributed by atoms with Crippen molar-refractivity contribution >= 4 is 41.5 Å². The summed E-state index contributed by atoms with van der Waals surface area (Å²) in [6, 6.07) is 25.0. The number of carbonyl (C=O) groups excluding carboxylic acids is 3. The number of esters is 1. The molecule has 0 aromatic heterocycles. The first-order valence-corrected chi connectivity index (χ1v) is 16.5. The first-order valence-electron chi connectivity index (χ1n) is 15.6. The molecule has 0 fully saturated rings. The highest BCUT2D eigenvalue weighted by atomic mass is 32.2. The van der Waals surface area contributed by atoms with Gasteiger partial charge in [0.2, 0.25) is 11.8 Å². The van der Waals surface area contributed by atoms with Gasteiger partial charge in [-0.3, -0.25) is 19.2 Å². The van der Waals surface area contributed by atoms with Gasteiger partial charge in [0.05, 0.1) is 10.8 Å². The van der Waals surface area contributed by atoms with Gasteiger partial charge in [-0.1, -0.05) is 91.0 Å². The van der Waals surface area contributed by atoms with Gasteiger partial charge in [-0.15, -0.1) is 11.8 Å². The van der Waals surface area contributed by atoms with E-state index in [2.05, 4.69) is 10.6 Å². The van der Waals surface area contributed by atoms with Crippen LogP contribution in [0.2, 0.25) is 0 Å².